The summed E-state index contributed by atoms with van der Waals surface area (Å²) in [5.41, 5.74) is 0.587. The maximum absolute atomic E-state index is 12.0. The summed E-state index contributed by atoms with van der Waals surface area (Å²) in [7, 11) is 0. The standard InChI is InChI=1S/C14H16I2O4S/c1-3-12(17)10-6-9(15)7-11(16)14(10)20-5-4-19-13(18)8-21-2/h6-7H,3-5,8H2,1-2H3. The molecule has 0 aliphatic rings. The molecule has 0 unspecified atom stereocenters. The first-order valence-corrected chi connectivity index (χ1v) is 9.84. The Hall–Kier alpha value is -0.0300. The Balaban J connectivity index is 2.70. The first-order chi connectivity index (χ1) is 9.99. The average molecular weight is 534 g/mol. The van der Waals surface area contributed by atoms with Gasteiger partial charge in [0, 0.05) is 9.99 Å². The summed E-state index contributed by atoms with van der Waals surface area (Å²) in [5, 5.41) is 0. The van der Waals surface area contributed by atoms with E-state index in [1.54, 1.807) is 0 Å². The van der Waals surface area contributed by atoms with Crippen LogP contribution in [0.4, 0.5) is 0 Å². The SMILES string of the molecule is CCC(=O)c1cc(I)cc(I)c1OCCOC(=O)CSC. The molecule has 0 aliphatic heterocycles. The van der Waals surface area contributed by atoms with E-state index in [1.807, 2.05) is 25.3 Å². The lowest BCUT2D eigenvalue weighted by molar-refractivity contribution is -0.141. The summed E-state index contributed by atoms with van der Waals surface area (Å²) in [5.74, 6) is 0.693. The number of benzene rings is 1. The first kappa shape index (κ1) is 19.0. The maximum atomic E-state index is 12.0. The Labute approximate surface area is 156 Å². The van der Waals surface area contributed by atoms with Gasteiger partial charge in [0.15, 0.2) is 5.78 Å². The van der Waals surface area contributed by atoms with Crippen LogP contribution in [-0.2, 0) is 9.53 Å². The van der Waals surface area contributed by atoms with Gasteiger partial charge < -0.3 is 9.47 Å². The third kappa shape index (κ3) is 6.31. The van der Waals surface area contributed by atoms with E-state index in [-0.39, 0.29) is 25.0 Å². The zero-order chi connectivity index (χ0) is 15.8. The maximum Gasteiger partial charge on any atom is 0.316 e. The molecule has 0 saturated carbocycles. The molecule has 1 aromatic carbocycles. The summed E-state index contributed by atoms with van der Waals surface area (Å²) in [6.07, 6.45) is 2.27. The summed E-state index contributed by atoms with van der Waals surface area (Å²) < 4.78 is 12.6. The number of thioether (sulfide) groups is 1. The van der Waals surface area contributed by atoms with Crippen molar-refractivity contribution in [1.82, 2.24) is 0 Å². The van der Waals surface area contributed by atoms with Gasteiger partial charge >= 0.3 is 5.97 Å². The molecule has 0 aliphatic carbocycles. The highest BCUT2D eigenvalue weighted by Gasteiger charge is 2.15. The van der Waals surface area contributed by atoms with Crippen LogP contribution in [0.5, 0.6) is 5.75 Å². The fraction of sp³-hybridized carbons (Fsp3) is 0.429. The van der Waals surface area contributed by atoms with E-state index in [0.717, 1.165) is 7.14 Å². The van der Waals surface area contributed by atoms with Crippen LogP contribution < -0.4 is 4.74 Å². The van der Waals surface area contributed by atoms with Crippen molar-refractivity contribution in [2.45, 2.75) is 13.3 Å². The van der Waals surface area contributed by atoms with Crippen LogP contribution in [0.15, 0.2) is 12.1 Å². The highest BCUT2D eigenvalue weighted by molar-refractivity contribution is 14.1. The second-order valence-corrected chi connectivity index (χ2v) is 7.32. The molecule has 1 aromatic rings. The Bertz CT molecular complexity index is 520. The molecule has 0 heterocycles. The number of rotatable bonds is 8. The molecule has 0 bridgehead atoms. The van der Waals surface area contributed by atoms with E-state index in [9.17, 15) is 9.59 Å². The Kier molecular flexibility index (Phi) is 8.95. The average Bonchev–Trinajstić information content (AvgIpc) is 2.44. The molecule has 0 saturated heterocycles. The van der Waals surface area contributed by atoms with Gasteiger partial charge in [-0.1, -0.05) is 6.92 Å². The van der Waals surface area contributed by atoms with Crippen molar-refractivity contribution < 1.29 is 19.1 Å². The zero-order valence-corrected chi connectivity index (χ0v) is 16.9. The number of halogens is 2. The summed E-state index contributed by atoms with van der Waals surface area (Å²) in [4.78, 5) is 23.2. The predicted molar refractivity (Wildman–Crippen MR) is 101 cm³/mol. The molecule has 0 spiro atoms. The van der Waals surface area contributed by atoms with Crippen LogP contribution in [-0.4, -0.2) is 37.0 Å². The Morgan fingerprint density at radius 1 is 1.24 bits per heavy atom. The minimum absolute atomic E-state index is 0.0424. The molecule has 7 heteroatoms. The lowest BCUT2D eigenvalue weighted by atomic mass is 10.1. The van der Waals surface area contributed by atoms with Gasteiger partial charge in [0.25, 0.3) is 0 Å². The lowest BCUT2D eigenvalue weighted by Crippen LogP contribution is -2.15. The van der Waals surface area contributed by atoms with Crippen LogP contribution >= 0.6 is 56.9 Å². The second kappa shape index (κ2) is 9.88. The Morgan fingerprint density at radius 2 is 1.95 bits per heavy atom. The summed E-state index contributed by atoms with van der Waals surface area (Å²) in [6, 6.07) is 3.77. The fourth-order valence-electron chi connectivity index (χ4n) is 1.56. The minimum Gasteiger partial charge on any atom is -0.488 e. The first-order valence-electron chi connectivity index (χ1n) is 6.29. The molecule has 0 fully saturated rings. The number of ketones is 1. The number of esters is 1. The quantitative estimate of drug-likeness (QED) is 0.220. The molecule has 4 nitrogen and oxygen atoms in total. The molecule has 0 amide bonds. The van der Waals surface area contributed by atoms with Crippen LogP contribution in [0.25, 0.3) is 0 Å². The molecule has 21 heavy (non-hydrogen) atoms. The molecule has 0 atom stereocenters. The van der Waals surface area contributed by atoms with Crippen LogP contribution in [0.3, 0.4) is 0 Å². The minimum atomic E-state index is -0.256. The van der Waals surface area contributed by atoms with E-state index >= 15 is 0 Å². The van der Waals surface area contributed by atoms with Gasteiger partial charge in [-0.25, -0.2) is 0 Å². The number of hydrogen-bond donors (Lipinski definition) is 0. The summed E-state index contributed by atoms with van der Waals surface area (Å²) in [6.45, 7) is 2.24. The molecular weight excluding hydrogens is 518 g/mol. The van der Waals surface area contributed by atoms with Crippen molar-refractivity contribution in [3.8, 4) is 5.75 Å². The smallest absolute Gasteiger partial charge is 0.316 e. The van der Waals surface area contributed by atoms with E-state index in [1.165, 1.54) is 11.8 Å². The van der Waals surface area contributed by atoms with Crippen molar-refractivity contribution in [2.75, 3.05) is 25.2 Å². The van der Waals surface area contributed by atoms with Crippen molar-refractivity contribution >= 4 is 68.7 Å². The highest BCUT2D eigenvalue weighted by atomic mass is 127. The molecule has 0 N–H and O–H groups in total. The fourth-order valence-corrected chi connectivity index (χ4v) is 3.88. The largest absolute Gasteiger partial charge is 0.488 e. The van der Waals surface area contributed by atoms with Gasteiger partial charge in [0.05, 0.1) is 14.9 Å². The second-order valence-electron chi connectivity index (χ2n) is 4.04. The molecule has 116 valence electrons. The predicted octanol–water partition coefficient (Wildman–Crippen LogP) is 3.77. The van der Waals surface area contributed by atoms with Gasteiger partial charge in [0.2, 0.25) is 0 Å². The third-order valence-electron chi connectivity index (χ3n) is 2.48. The van der Waals surface area contributed by atoms with Crippen LogP contribution in [0.2, 0.25) is 0 Å². The number of Topliss-reactive ketones (excluding diaryl/α,β-unsaturated/α-hetero) is 1. The van der Waals surface area contributed by atoms with E-state index in [2.05, 4.69) is 45.2 Å². The highest BCUT2D eigenvalue weighted by Crippen LogP contribution is 2.29. The van der Waals surface area contributed by atoms with E-state index in [0.29, 0.717) is 23.5 Å². The van der Waals surface area contributed by atoms with Crippen molar-refractivity contribution in [2.24, 2.45) is 0 Å². The molecule has 1 rings (SSSR count). The molecular formula is C14H16I2O4S. The number of ether oxygens (including phenoxy) is 2. The molecule has 0 radical (unpaired) electrons. The third-order valence-corrected chi connectivity index (χ3v) is 4.43. The van der Waals surface area contributed by atoms with Crippen LogP contribution in [0.1, 0.15) is 23.7 Å². The lowest BCUT2D eigenvalue weighted by Gasteiger charge is -2.13. The topological polar surface area (TPSA) is 52.6 Å². The normalized spacial score (nSPS) is 10.3. The van der Waals surface area contributed by atoms with Crippen molar-refractivity contribution in [3.05, 3.63) is 24.8 Å². The van der Waals surface area contributed by atoms with Gasteiger partial charge in [-0.05, 0) is 63.6 Å². The monoisotopic (exact) mass is 534 g/mol. The van der Waals surface area contributed by atoms with Gasteiger partial charge in [-0.3, -0.25) is 9.59 Å². The van der Waals surface area contributed by atoms with E-state index in [4.69, 9.17) is 9.47 Å². The van der Waals surface area contributed by atoms with Crippen molar-refractivity contribution in [1.29, 1.82) is 0 Å². The van der Waals surface area contributed by atoms with Gasteiger partial charge in [0.1, 0.15) is 19.0 Å². The zero-order valence-electron chi connectivity index (χ0n) is 11.8. The van der Waals surface area contributed by atoms with Crippen molar-refractivity contribution in [3.63, 3.8) is 0 Å². The Morgan fingerprint density at radius 3 is 2.57 bits per heavy atom. The van der Waals surface area contributed by atoms with E-state index < -0.39 is 0 Å². The molecule has 0 aromatic heterocycles. The number of carbonyl (C=O) groups excluding carboxylic acids is 2. The number of hydrogen-bond acceptors (Lipinski definition) is 5. The number of carbonyl (C=O) groups is 2. The van der Waals surface area contributed by atoms with Crippen LogP contribution in [0, 0.1) is 7.14 Å². The van der Waals surface area contributed by atoms with Gasteiger partial charge in [-0.2, -0.15) is 11.8 Å². The summed E-state index contributed by atoms with van der Waals surface area (Å²) >= 11 is 5.74. The van der Waals surface area contributed by atoms with Gasteiger partial charge in [-0.15, -0.1) is 0 Å².